The molecule has 0 aliphatic rings. The SMILES string of the molecule is [O-]P([O-])NCl. The molecule has 0 saturated heterocycles. The first-order valence-corrected chi connectivity index (χ1v) is 2.33. The van der Waals surface area contributed by atoms with E-state index in [1.54, 1.807) is 0 Å². The van der Waals surface area contributed by atoms with Crippen molar-refractivity contribution in [2.24, 2.45) is 0 Å². The van der Waals surface area contributed by atoms with Crippen molar-refractivity contribution in [1.82, 2.24) is 4.61 Å². The summed E-state index contributed by atoms with van der Waals surface area (Å²) in [6.45, 7) is 0. The standard InChI is InChI=1S/ClHNO2P/c1-2-5(3)4/h2H/q-2. The van der Waals surface area contributed by atoms with Crippen LogP contribution in [0.2, 0.25) is 0 Å². The fourth-order valence-corrected chi connectivity index (χ4v) is 0. The minimum Gasteiger partial charge on any atom is -0.829 e. The highest BCUT2D eigenvalue weighted by atomic mass is 35.5. The van der Waals surface area contributed by atoms with Gasteiger partial charge in [0.2, 0.25) is 0 Å². The molecule has 0 amide bonds. The molecule has 3 nitrogen and oxygen atoms in total. The van der Waals surface area contributed by atoms with Crippen molar-refractivity contribution in [2.45, 2.75) is 0 Å². The molecule has 0 atom stereocenters. The lowest BCUT2D eigenvalue weighted by molar-refractivity contribution is -0.294. The Morgan fingerprint density at radius 1 is 1.60 bits per heavy atom. The van der Waals surface area contributed by atoms with E-state index >= 15 is 0 Å². The highest BCUT2D eigenvalue weighted by Crippen LogP contribution is 2.00. The van der Waals surface area contributed by atoms with Gasteiger partial charge in [-0.3, -0.25) is 0 Å². The summed E-state index contributed by atoms with van der Waals surface area (Å²) in [5, 5.41) is 0. The topological polar surface area (TPSA) is 58.1 Å². The molecule has 0 aliphatic carbocycles. The van der Waals surface area contributed by atoms with Crippen LogP contribution < -0.4 is 14.4 Å². The minimum atomic E-state index is -2.58. The second-order valence-corrected chi connectivity index (χ2v) is 1.53. The van der Waals surface area contributed by atoms with E-state index in [4.69, 9.17) is 9.79 Å². The molecule has 0 fully saturated rings. The van der Waals surface area contributed by atoms with Crippen LogP contribution in [-0.2, 0) is 0 Å². The number of rotatable bonds is 1. The third kappa shape index (κ3) is 4.60. The molecule has 1 N–H and O–H groups in total. The summed E-state index contributed by atoms with van der Waals surface area (Å²) in [6.07, 6.45) is 0. The molecule has 5 heavy (non-hydrogen) atoms. The first-order valence-electron chi connectivity index (χ1n) is 0.778. The van der Waals surface area contributed by atoms with Crippen molar-refractivity contribution in [3.8, 4) is 0 Å². The maximum absolute atomic E-state index is 9.16. The van der Waals surface area contributed by atoms with Crippen molar-refractivity contribution in [3.05, 3.63) is 0 Å². The Kier molecular flexibility index (Phi) is 3.16. The number of nitrogens with one attached hydrogen (secondary N) is 1. The Morgan fingerprint density at radius 2 is 1.80 bits per heavy atom. The Morgan fingerprint density at radius 3 is 1.80 bits per heavy atom. The van der Waals surface area contributed by atoms with E-state index in [-0.39, 0.29) is 0 Å². The number of halogens is 1. The van der Waals surface area contributed by atoms with Crippen molar-refractivity contribution in [1.29, 1.82) is 0 Å². The molecule has 0 bridgehead atoms. The van der Waals surface area contributed by atoms with Crippen molar-refractivity contribution in [2.75, 3.05) is 0 Å². The quantitative estimate of drug-likeness (QED) is 0.339. The van der Waals surface area contributed by atoms with E-state index in [0.717, 1.165) is 0 Å². The van der Waals surface area contributed by atoms with Gasteiger partial charge in [0.05, 0.1) is 0 Å². The molecule has 0 rings (SSSR count). The molecule has 5 heteroatoms. The highest BCUT2D eigenvalue weighted by molar-refractivity contribution is 7.41. The van der Waals surface area contributed by atoms with Crippen LogP contribution in [-0.4, -0.2) is 0 Å². The van der Waals surface area contributed by atoms with Crippen molar-refractivity contribution < 1.29 is 9.79 Å². The van der Waals surface area contributed by atoms with Gasteiger partial charge in [-0.2, -0.15) is 0 Å². The summed E-state index contributed by atoms with van der Waals surface area (Å²) in [5.74, 6) is 0. The molecular weight excluding hydrogens is 112 g/mol. The number of hydrogen-bond donors (Lipinski definition) is 1. The Labute approximate surface area is 35.7 Å². The van der Waals surface area contributed by atoms with E-state index in [0.29, 0.717) is 0 Å². The largest absolute Gasteiger partial charge is 0.829 e. The maximum atomic E-state index is 9.16. The first-order chi connectivity index (χ1) is 2.27. The molecule has 0 aromatic carbocycles. The van der Waals surface area contributed by atoms with Crippen LogP contribution in [0.3, 0.4) is 0 Å². The molecule has 0 radical (unpaired) electrons. The van der Waals surface area contributed by atoms with Crippen molar-refractivity contribution >= 4 is 20.3 Å². The van der Waals surface area contributed by atoms with Crippen LogP contribution in [0.25, 0.3) is 0 Å². The van der Waals surface area contributed by atoms with Crippen LogP contribution in [0.15, 0.2) is 0 Å². The summed E-state index contributed by atoms with van der Waals surface area (Å²) in [5.41, 5.74) is 0. The average Bonchev–Trinajstić information content (AvgIpc) is 1.38. The fraction of sp³-hybridized carbons (Fsp3) is 0. The second-order valence-electron chi connectivity index (χ2n) is 0.342. The molecule has 0 spiro atoms. The van der Waals surface area contributed by atoms with Gasteiger partial charge in [-0.05, 0) is 11.8 Å². The number of hydrogen-bond acceptors (Lipinski definition) is 3. The Balaban J connectivity index is 2.54. The normalized spacial score (nSPS) is 9.60. The maximum Gasteiger partial charge on any atom is -0.0235 e. The zero-order valence-corrected chi connectivity index (χ0v) is 3.79. The second kappa shape index (κ2) is 2.82. The summed E-state index contributed by atoms with van der Waals surface area (Å²) in [6, 6.07) is 0. The predicted octanol–water partition coefficient (Wildman–Crippen LogP) is -1.32. The van der Waals surface area contributed by atoms with Crippen LogP contribution in [0, 0.1) is 0 Å². The van der Waals surface area contributed by atoms with Gasteiger partial charge in [-0.15, -0.1) is 0 Å². The van der Waals surface area contributed by atoms with Crippen LogP contribution >= 0.6 is 20.3 Å². The van der Waals surface area contributed by atoms with E-state index < -0.39 is 8.53 Å². The van der Waals surface area contributed by atoms with E-state index in [1.165, 1.54) is 4.61 Å². The molecule has 32 valence electrons. The molecule has 0 aliphatic heterocycles. The van der Waals surface area contributed by atoms with Gasteiger partial charge < -0.3 is 9.79 Å². The van der Waals surface area contributed by atoms with Crippen LogP contribution in [0.4, 0.5) is 0 Å². The van der Waals surface area contributed by atoms with E-state index in [1.807, 2.05) is 0 Å². The summed E-state index contributed by atoms with van der Waals surface area (Å²) in [4.78, 5) is 18.3. The van der Waals surface area contributed by atoms with E-state index in [2.05, 4.69) is 11.8 Å². The molecule has 0 saturated carbocycles. The Hall–Kier alpha value is 0.600. The summed E-state index contributed by atoms with van der Waals surface area (Å²) >= 11 is 4.49. The predicted molar refractivity (Wildman–Crippen MR) is 15.9 cm³/mol. The average molecular weight is 113 g/mol. The summed E-state index contributed by atoms with van der Waals surface area (Å²) < 4.78 is 1.45. The zero-order chi connectivity index (χ0) is 4.28. The first kappa shape index (κ1) is 5.60. The van der Waals surface area contributed by atoms with Gasteiger partial charge in [0, 0.05) is 0 Å². The highest BCUT2D eigenvalue weighted by Gasteiger charge is 1.53. The molecular formula is HClNO2P-2. The van der Waals surface area contributed by atoms with Crippen LogP contribution in [0.5, 0.6) is 0 Å². The Bertz CT molecular complexity index is 23.6. The third-order valence-electron chi connectivity index (χ3n) is 0.0690. The van der Waals surface area contributed by atoms with Gasteiger partial charge in [0.1, 0.15) is 0 Å². The van der Waals surface area contributed by atoms with Crippen molar-refractivity contribution in [3.63, 3.8) is 0 Å². The summed E-state index contributed by atoms with van der Waals surface area (Å²) in [7, 11) is -2.58. The van der Waals surface area contributed by atoms with Gasteiger partial charge in [0.25, 0.3) is 0 Å². The zero-order valence-electron chi connectivity index (χ0n) is 2.14. The smallest absolute Gasteiger partial charge is 0.0235 e. The molecule has 0 aromatic rings. The lowest BCUT2D eigenvalue weighted by atomic mass is 13.9. The van der Waals surface area contributed by atoms with Gasteiger partial charge in [-0.25, -0.2) is 13.1 Å². The molecule has 0 heterocycles. The van der Waals surface area contributed by atoms with Gasteiger partial charge in [-0.1, -0.05) is 0 Å². The monoisotopic (exact) mass is 113 g/mol. The minimum absolute atomic E-state index is 1.45. The molecule has 0 aromatic heterocycles. The van der Waals surface area contributed by atoms with Gasteiger partial charge >= 0.3 is 0 Å². The third-order valence-corrected chi connectivity index (χ3v) is 0.621. The van der Waals surface area contributed by atoms with Gasteiger partial charge in [0.15, 0.2) is 0 Å². The van der Waals surface area contributed by atoms with Crippen LogP contribution in [0.1, 0.15) is 0 Å². The molecule has 0 unspecified atom stereocenters. The van der Waals surface area contributed by atoms with E-state index in [9.17, 15) is 0 Å². The lowest BCUT2D eigenvalue weighted by Gasteiger charge is -2.26. The lowest BCUT2D eigenvalue weighted by Crippen LogP contribution is -2.15. The fourth-order valence-electron chi connectivity index (χ4n) is 0.